The van der Waals surface area contributed by atoms with Gasteiger partial charge in [-0.05, 0) is 200 Å². The fourth-order valence-electron chi connectivity index (χ4n) is 24.6. The van der Waals surface area contributed by atoms with Crippen LogP contribution in [0.1, 0.15) is 90.4 Å². The van der Waals surface area contributed by atoms with Crippen LogP contribution in [0.5, 0.6) is 0 Å². The molecule has 0 N–H and O–H groups in total. The zero-order valence-electron chi connectivity index (χ0n) is 70.7. The summed E-state index contributed by atoms with van der Waals surface area (Å²) >= 11 is 0. The third-order valence-corrected chi connectivity index (χ3v) is 29.6. The first kappa shape index (κ1) is 71.5. The maximum Gasteiger partial charge on any atom is 0.0544 e. The highest BCUT2D eigenvalue weighted by molar-refractivity contribution is 6.18. The van der Waals surface area contributed by atoms with Crippen molar-refractivity contribution in [3.05, 3.63) is 516 Å². The highest BCUT2D eigenvalue weighted by atomic mass is 15.0. The molecule has 130 heavy (non-hydrogen) atoms. The van der Waals surface area contributed by atoms with Crippen LogP contribution in [0.3, 0.4) is 0 Å². The van der Waals surface area contributed by atoms with Crippen molar-refractivity contribution in [3.63, 3.8) is 0 Å². The monoisotopic (exact) mass is 1650 g/mol. The number of hydrogen-bond donors (Lipinski definition) is 0. The summed E-state index contributed by atoms with van der Waals surface area (Å²) in [6.45, 7) is 0. The van der Waals surface area contributed by atoms with Gasteiger partial charge in [0.2, 0.25) is 0 Å². The number of fused-ring (bicyclic) bond motifs is 18. The molecule has 0 amide bonds. The molecular formula is C124H78N6. The van der Waals surface area contributed by atoms with Crippen LogP contribution in [0, 0.1) is 0 Å². The number of hydrogen-bond acceptors (Lipinski definition) is 0. The number of nitrogens with zero attached hydrogens (tertiary/aromatic N) is 6. The fraction of sp³-hybridized carbons (Fsp3) is 0.0323. The van der Waals surface area contributed by atoms with Crippen LogP contribution in [0.4, 0.5) is 0 Å². The minimum atomic E-state index is 0.173. The molecule has 26 aromatic rings. The molecule has 0 aliphatic heterocycles. The number of aromatic nitrogens is 6. The van der Waals surface area contributed by atoms with Gasteiger partial charge in [-0.25, -0.2) is 0 Å². The second-order valence-corrected chi connectivity index (χ2v) is 35.8. The van der Waals surface area contributed by atoms with E-state index in [0.717, 1.165) is 28.4 Å². The molecule has 0 spiro atoms. The first-order chi connectivity index (χ1) is 64.6. The van der Waals surface area contributed by atoms with Crippen molar-refractivity contribution in [1.29, 1.82) is 0 Å². The van der Waals surface area contributed by atoms with Gasteiger partial charge in [-0.3, -0.25) is 0 Å². The number of benzene rings is 20. The highest BCUT2D eigenvalue weighted by Gasteiger charge is 2.45. The fourth-order valence-corrected chi connectivity index (χ4v) is 24.6. The van der Waals surface area contributed by atoms with E-state index in [2.05, 4.69) is 476 Å². The predicted octanol–water partition coefficient (Wildman–Crippen LogP) is 31.3. The first-order valence-corrected chi connectivity index (χ1v) is 45.5. The van der Waals surface area contributed by atoms with Crippen LogP contribution in [-0.2, 0) is 0 Å². The molecule has 0 radical (unpaired) electrons. The Hall–Kier alpha value is -16.8. The van der Waals surface area contributed by atoms with Gasteiger partial charge in [0.15, 0.2) is 0 Å². The van der Waals surface area contributed by atoms with E-state index >= 15 is 0 Å². The van der Waals surface area contributed by atoms with E-state index in [0.29, 0.717) is 0 Å². The van der Waals surface area contributed by atoms with Crippen molar-refractivity contribution in [2.45, 2.75) is 23.7 Å². The van der Waals surface area contributed by atoms with Crippen molar-refractivity contribution < 1.29 is 0 Å². The van der Waals surface area contributed by atoms with E-state index in [9.17, 15) is 0 Å². The van der Waals surface area contributed by atoms with Gasteiger partial charge < -0.3 is 27.4 Å². The van der Waals surface area contributed by atoms with Crippen LogP contribution in [0.2, 0.25) is 0 Å². The van der Waals surface area contributed by atoms with Crippen molar-refractivity contribution in [1.82, 2.24) is 27.4 Å². The van der Waals surface area contributed by atoms with Gasteiger partial charge in [-0.1, -0.05) is 322 Å². The van der Waals surface area contributed by atoms with Crippen molar-refractivity contribution in [2.75, 3.05) is 0 Å². The van der Waals surface area contributed by atoms with Crippen LogP contribution in [-0.4, -0.2) is 27.4 Å². The highest BCUT2D eigenvalue weighted by Crippen LogP contribution is 2.61. The summed E-state index contributed by atoms with van der Waals surface area (Å²) in [6, 6.07) is 167. The minimum Gasteiger partial charge on any atom is -0.309 e. The number of para-hydroxylation sites is 11. The lowest BCUT2D eigenvalue weighted by Gasteiger charge is -2.42. The Balaban J connectivity index is 0.000000128. The Morgan fingerprint density at radius 3 is 0.769 bits per heavy atom. The Bertz CT molecular complexity index is 9190. The van der Waals surface area contributed by atoms with Crippen LogP contribution >= 0.6 is 0 Å². The maximum atomic E-state index is 2.54. The summed E-state index contributed by atoms with van der Waals surface area (Å²) in [5.41, 5.74) is 43.6. The van der Waals surface area contributed by atoms with E-state index in [4.69, 9.17) is 0 Å². The second-order valence-electron chi connectivity index (χ2n) is 35.8. The van der Waals surface area contributed by atoms with Crippen LogP contribution in [0.15, 0.2) is 449 Å². The van der Waals surface area contributed by atoms with Gasteiger partial charge in [0, 0.05) is 122 Å². The average Bonchev–Trinajstić information content (AvgIpc) is 1.31. The average molecular weight is 1650 g/mol. The standard InChI is InChI=1S/2C62H39N3/c1-3-24-46-44(22-1)59-45-23-2-4-25-47(45)60(46)62-49(59)34-36-58-61(62)48-26-10-16-32-56(48)65(58)54-30-14-8-20-42(54)41-19-7-13-29-53(41)64-55-31-15-9-21-43(55)50-37-38(33-35-57(50)64)63-51-27-11-5-17-39(51)40-18-6-12-28-52(40)63;1-3-24-47-45(22-1)59-46-23-2-4-25-48(46)60(47)62-50(59)33-35-58-61(62)49-26-9-14-31-56(49)64(58)39-17-15-16-38(36-39)41-18-5-10-27-52(41)65-55-30-13-8-21-44(55)51-37-40(32-34-57(51)65)63-53-28-11-6-19-42(53)43-20-7-12-29-54(43)63/h2*1-37,59-60H. The van der Waals surface area contributed by atoms with Gasteiger partial charge in [-0.2, -0.15) is 0 Å². The molecule has 6 aliphatic rings. The van der Waals surface area contributed by atoms with Crippen LogP contribution in [0.25, 0.3) is 187 Å². The molecule has 604 valence electrons. The van der Waals surface area contributed by atoms with Crippen molar-refractivity contribution in [3.8, 4) is 56.4 Å². The Morgan fingerprint density at radius 1 is 0.138 bits per heavy atom. The minimum absolute atomic E-state index is 0.173. The lowest BCUT2D eigenvalue weighted by atomic mass is 9.60. The lowest BCUT2D eigenvalue weighted by molar-refractivity contribution is 0.761. The molecule has 0 saturated heterocycles. The summed E-state index contributed by atoms with van der Waals surface area (Å²) in [6.07, 6.45) is 0. The molecule has 0 fully saturated rings. The summed E-state index contributed by atoms with van der Waals surface area (Å²) in [5, 5.41) is 15.3. The van der Waals surface area contributed by atoms with Gasteiger partial charge in [0.25, 0.3) is 0 Å². The normalized spacial score (nSPS) is 15.1. The smallest absolute Gasteiger partial charge is 0.0544 e. The molecule has 4 bridgehead atoms. The van der Waals surface area contributed by atoms with Crippen molar-refractivity contribution >= 4 is 131 Å². The molecule has 32 rings (SSSR count). The summed E-state index contributed by atoms with van der Waals surface area (Å²) < 4.78 is 14.9. The van der Waals surface area contributed by atoms with E-state index in [1.54, 1.807) is 0 Å². The number of rotatable bonds is 8. The van der Waals surface area contributed by atoms with Crippen LogP contribution < -0.4 is 0 Å². The summed E-state index contributed by atoms with van der Waals surface area (Å²) in [4.78, 5) is 0. The van der Waals surface area contributed by atoms with E-state index in [1.165, 1.54) is 226 Å². The maximum absolute atomic E-state index is 2.54. The Kier molecular flexibility index (Phi) is 15.0. The molecule has 0 saturated carbocycles. The van der Waals surface area contributed by atoms with Gasteiger partial charge in [-0.15, -0.1) is 0 Å². The molecule has 6 nitrogen and oxygen atoms in total. The molecule has 6 aliphatic carbocycles. The van der Waals surface area contributed by atoms with Gasteiger partial charge in [0.05, 0.1) is 83.3 Å². The molecule has 6 heterocycles. The molecule has 0 unspecified atom stereocenters. The molecular weight excluding hydrogens is 1570 g/mol. The summed E-state index contributed by atoms with van der Waals surface area (Å²) in [7, 11) is 0. The first-order valence-electron chi connectivity index (χ1n) is 45.5. The lowest BCUT2D eigenvalue weighted by Crippen LogP contribution is -2.27. The third-order valence-electron chi connectivity index (χ3n) is 29.6. The Morgan fingerprint density at radius 2 is 0.385 bits per heavy atom. The van der Waals surface area contributed by atoms with Crippen molar-refractivity contribution in [2.24, 2.45) is 0 Å². The van der Waals surface area contributed by atoms with Gasteiger partial charge >= 0.3 is 0 Å². The molecule has 6 aromatic heterocycles. The second kappa shape index (κ2) is 27.4. The largest absolute Gasteiger partial charge is 0.309 e. The topological polar surface area (TPSA) is 29.6 Å². The molecule has 20 aromatic carbocycles. The Labute approximate surface area is 748 Å². The predicted molar refractivity (Wildman–Crippen MR) is 539 cm³/mol. The third kappa shape index (κ3) is 9.85. The van der Waals surface area contributed by atoms with E-state index in [1.807, 2.05) is 0 Å². The summed E-state index contributed by atoms with van der Waals surface area (Å²) in [5.74, 6) is 0.812. The van der Waals surface area contributed by atoms with E-state index in [-0.39, 0.29) is 23.7 Å². The molecule has 6 heteroatoms. The SMILES string of the molecule is c1cc(-c2ccccc2-n2c3ccccc3c3cc(-n4c5ccccc5c5ccccc54)ccc32)cc(-n2c3ccccc3c3c4c(ccc32)C2c3ccccc3C4c3ccccc32)c1.c1ccc(-n2c3ccccc3c3cc(-n4c5ccccc5c5ccccc54)ccc32)c(-c2ccccc2-n2c3ccccc3c3c4c(ccc32)C2c3ccccc3C4c3ccccc32)c1. The quantitative estimate of drug-likeness (QED) is 0.145. The zero-order chi connectivity index (χ0) is 84.7. The van der Waals surface area contributed by atoms with E-state index < -0.39 is 0 Å². The zero-order valence-corrected chi connectivity index (χ0v) is 70.7. The molecule has 0 atom stereocenters. The van der Waals surface area contributed by atoms with Gasteiger partial charge in [0.1, 0.15) is 0 Å².